The minimum atomic E-state index is -3.09. The van der Waals surface area contributed by atoms with E-state index in [1.54, 1.807) is 23.1 Å². The maximum absolute atomic E-state index is 11.8. The lowest BCUT2D eigenvalue weighted by Gasteiger charge is -2.28. The molecule has 1 atom stereocenters. The highest BCUT2D eigenvalue weighted by Crippen LogP contribution is 2.30. The van der Waals surface area contributed by atoms with Crippen molar-refractivity contribution in [1.82, 2.24) is 9.97 Å². The molecule has 0 bridgehead atoms. The van der Waals surface area contributed by atoms with Gasteiger partial charge < -0.3 is 15.3 Å². The number of benzene rings is 2. The lowest BCUT2D eigenvalue weighted by Crippen LogP contribution is -2.41. The minimum absolute atomic E-state index is 0.00225. The molecule has 2 aromatic carbocycles. The number of nitriles is 1. The molecule has 0 amide bonds. The van der Waals surface area contributed by atoms with Gasteiger partial charge in [0.25, 0.3) is 0 Å². The molecule has 1 aromatic heterocycles. The summed E-state index contributed by atoms with van der Waals surface area (Å²) in [5, 5.41) is 22.4. The summed E-state index contributed by atoms with van der Waals surface area (Å²) in [5.74, 6) is -0.659. The molecule has 0 unspecified atom stereocenters. The first kappa shape index (κ1) is 22.5. The number of aromatic carboxylic acids is 1. The predicted octanol–water partition coefficient (Wildman–Crippen LogP) is 2.92. The lowest BCUT2D eigenvalue weighted by molar-refractivity contribution is 0.0698. The molecule has 2 N–H and O–H groups in total. The topological polar surface area (TPSA) is 136 Å². The van der Waals surface area contributed by atoms with Gasteiger partial charge in [0.05, 0.1) is 34.1 Å². The molecule has 0 saturated carbocycles. The Kier molecular flexibility index (Phi) is 5.91. The van der Waals surface area contributed by atoms with Crippen molar-refractivity contribution in [2.75, 3.05) is 34.8 Å². The highest BCUT2D eigenvalue weighted by molar-refractivity contribution is 7.91. The average Bonchev–Trinajstić information content (AvgIpc) is 2.78. The van der Waals surface area contributed by atoms with Gasteiger partial charge in [-0.05, 0) is 37.6 Å². The molecule has 1 aliphatic heterocycles. The summed E-state index contributed by atoms with van der Waals surface area (Å²) in [7, 11) is -3.09. The summed E-state index contributed by atoms with van der Waals surface area (Å²) >= 11 is 0. The smallest absolute Gasteiger partial charge is 0.337 e. The zero-order valence-corrected chi connectivity index (χ0v) is 19.1. The van der Waals surface area contributed by atoms with E-state index in [4.69, 9.17) is 4.98 Å². The highest BCUT2D eigenvalue weighted by Gasteiger charge is 2.26. The van der Waals surface area contributed by atoms with Crippen molar-refractivity contribution in [3.8, 4) is 6.07 Å². The second-order valence-electron chi connectivity index (χ2n) is 8.09. The van der Waals surface area contributed by atoms with Crippen LogP contribution in [-0.4, -0.2) is 54.1 Å². The maximum atomic E-state index is 11.8. The monoisotopic (exact) mass is 465 g/mol. The van der Waals surface area contributed by atoms with Gasteiger partial charge in [0.15, 0.2) is 21.3 Å². The van der Waals surface area contributed by atoms with Crippen LogP contribution in [0.2, 0.25) is 0 Å². The van der Waals surface area contributed by atoms with Crippen LogP contribution < -0.4 is 10.2 Å². The highest BCUT2D eigenvalue weighted by atomic mass is 32.2. The fourth-order valence-electron chi connectivity index (χ4n) is 3.98. The predicted molar refractivity (Wildman–Crippen MR) is 125 cm³/mol. The molecule has 4 rings (SSSR count). The summed E-state index contributed by atoms with van der Waals surface area (Å²) < 4.78 is 23.7. The van der Waals surface area contributed by atoms with Crippen LogP contribution >= 0.6 is 0 Å². The number of rotatable bonds is 5. The fraction of sp³-hybridized carbons (Fsp3) is 0.304. The van der Waals surface area contributed by atoms with Crippen molar-refractivity contribution >= 4 is 38.3 Å². The third-order valence-corrected chi connectivity index (χ3v) is 7.28. The van der Waals surface area contributed by atoms with E-state index in [0.29, 0.717) is 22.5 Å². The lowest BCUT2D eigenvalue weighted by atomic mass is 10.0. The molecule has 1 saturated heterocycles. The second kappa shape index (κ2) is 8.67. The Balaban J connectivity index is 1.79. The Morgan fingerprint density at radius 1 is 1.21 bits per heavy atom. The number of hydrogen-bond acceptors (Lipinski definition) is 8. The van der Waals surface area contributed by atoms with E-state index < -0.39 is 15.8 Å². The number of carboxylic acid groups (broad SMARTS) is 1. The number of fused-ring (bicyclic) bond motifs is 1. The first-order chi connectivity index (χ1) is 15.7. The van der Waals surface area contributed by atoms with E-state index in [1.807, 2.05) is 26.0 Å². The summed E-state index contributed by atoms with van der Waals surface area (Å²) in [5.41, 5.74) is 3.64. The zero-order valence-electron chi connectivity index (χ0n) is 18.2. The number of anilines is 2. The van der Waals surface area contributed by atoms with Crippen LogP contribution in [0.15, 0.2) is 36.4 Å². The van der Waals surface area contributed by atoms with Gasteiger partial charge in [-0.1, -0.05) is 18.2 Å². The standard InChI is InChI=1S/C23H23N5O4S/c1-14-11-17(15(2)25-18-6-4-3-5-16(18)23(29)30)21-19(12-14)26-20(13-24)22(27-21)28-7-9-33(31,32)10-8-28/h3-6,11-12,15,25H,7-10H2,1-2H3,(H,29,30)/t15-/m1/s1. The van der Waals surface area contributed by atoms with Crippen LogP contribution in [0.25, 0.3) is 11.0 Å². The van der Waals surface area contributed by atoms with Crippen molar-refractivity contribution in [3.05, 3.63) is 58.8 Å². The maximum Gasteiger partial charge on any atom is 0.337 e. The van der Waals surface area contributed by atoms with Gasteiger partial charge in [0.2, 0.25) is 0 Å². The third kappa shape index (κ3) is 4.59. The number of carbonyl (C=O) groups is 1. The van der Waals surface area contributed by atoms with Crippen molar-refractivity contribution in [1.29, 1.82) is 5.26 Å². The van der Waals surface area contributed by atoms with E-state index in [-0.39, 0.29) is 41.9 Å². The fourth-order valence-corrected chi connectivity index (χ4v) is 5.18. The largest absolute Gasteiger partial charge is 0.478 e. The summed E-state index contributed by atoms with van der Waals surface area (Å²) in [6.07, 6.45) is 0. The van der Waals surface area contributed by atoms with Crippen LogP contribution in [-0.2, 0) is 9.84 Å². The third-order valence-electron chi connectivity index (χ3n) is 5.67. The molecule has 1 aliphatic rings. The Bertz CT molecular complexity index is 1380. The molecule has 0 aliphatic carbocycles. The van der Waals surface area contributed by atoms with Crippen LogP contribution in [0, 0.1) is 18.3 Å². The molecular formula is C23H23N5O4S. The van der Waals surface area contributed by atoms with E-state index in [9.17, 15) is 23.6 Å². The first-order valence-corrected chi connectivity index (χ1v) is 12.3. The number of carboxylic acids is 1. The Labute approximate surface area is 191 Å². The number of hydrogen-bond donors (Lipinski definition) is 2. The molecule has 10 heteroatoms. The van der Waals surface area contributed by atoms with Gasteiger partial charge in [-0.25, -0.2) is 23.2 Å². The molecule has 170 valence electrons. The van der Waals surface area contributed by atoms with Crippen LogP contribution in [0.5, 0.6) is 0 Å². The molecule has 2 heterocycles. The molecule has 33 heavy (non-hydrogen) atoms. The number of nitrogens with one attached hydrogen (secondary N) is 1. The molecule has 0 spiro atoms. The molecule has 3 aromatic rings. The molecule has 0 radical (unpaired) electrons. The van der Waals surface area contributed by atoms with E-state index >= 15 is 0 Å². The number of nitrogens with zero attached hydrogens (tertiary/aromatic N) is 4. The Morgan fingerprint density at radius 3 is 2.58 bits per heavy atom. The molecule has 9 nitrogen and oxygen atoms in total. The quantitative estimate of drug-likeness (QED) is 0.583. The van der Waals surface area contributed by atoms with E-state index in [1.165, 1.54) is 6.07 Å². The van der Waals surface area contributed by atoms with Crippen LogP contribution in [0.4, 0.5) is 11.5 Å². The SMILES string of the molecule is Cc1cc([C@@H](C)Nc2ccccc2C(=O)O)c2nc(N3CCS(=O)(=O)CC3)c(C#N)nc2c1. The number of para-hydroxylation sites is 1. The van der Waals surface area contributed by atoms with Crippen molar-refractivity contribution < 1.29 is 18.3 Å². The van der Waals surface area contributed by atoms with Crippen molar-refractivity contribution in [2.45, 2.75) is 19.9 Å². The summed E-state index contributed by atoms with van der Waals surface area (Å²) in [6.45, 7) is 4.31. The van der Waals surface area contributed by atoms with Gasteiger partial charge in [0.1, 0.15) is 6.07 Å². The summed E-state index contributed by atoms with van der Waals surface area (Å²) in [4.78, 5) is 22.7. The first-order valence-electron chi connectivity index (χ1n) is 10.4. The van der Waals surface area contributed by atoms with Gasteiger partial charge in [-0.2, -0.15) is 5.26 Å². The minimum Gasteiger partial charge on any atom is -0.478 e. The van der Waals surface area contributed by atoms with Crippen LogP contribution in [0.3, 0.4) is 0 Å². The zero-order chi connectivity index (χ0) is 23.8. The second-order valence-corrected chi connectivity index (χ2v) is 10.4. The average molecular weight is 466 g/mol. The number of aromatic nitrogens is 2. The molecular weight excluding hydrogens is 442 g/mol. The normalized spacial score (nSPS) is 16.2. The van der Waals surface area contributed by atoms with Crippen LogP contribution in [0.1, 0.15) is 40.1 Å². The Morgan fingerprint density at radius 2 is 1.91 bits per heavy atom. The van der Waals surface area contributed by atoms with Gasteiger partial charge >= 0.3 is 5.97 Å². The van der Waals surface area contributed by atoms with E-state index in [0.717, 1.165) is 11.1 Å². The van der Waals surface area contributed by atoms with Gasteiger partial charge in [0, 0.05) is 24.3 Å². The van der Waals surface area contributed by atoms with Gasteiger partial charge in [-0.15, -0.1) is 0 Å². The number of aryl methyl sites for hydroxylation is 1. The van der Waals surface area contributed by atoms with Gasteiger partial charge in [-0.3, -0.25) is 0 Å². The summed E-state index contributed by atoms with van der Waals surface area (Å²) in [6, 6.07) is 12.2. The molecule has 1 fully saturated rings. The van der Waals surface area contributed by atoms with Crippen molar-refractivity contribution in [3.63, 3.8) is 0 Å². The number of sulfone groups is 1. The van der Waals surface area contributed by atoms with E-state index in [2.05, 4.69) is 16.4 Å². The van der Waals surface area contributed by atoms with Crippen molar-refractivity contribution in [2.24, 2.45) is 0 Å². The Hall–Kier alpha value is -3.71.